The van der Waals surface area contributed by atoms with Gasteiger partial charge in [0, 0.05) is 5.56 Å². The number of ether oxygens (including phenoxy) is 2. The third kappa shape index (κ3) is 3.15. The Balaban J connectivity index is 2.06. The van der Waals surface area contributed by atoms with Gasteiger partial charge >= 0.3 is 0 Å². The van der Waals surface area contributed by atoms with Crippen LogP contribution in [-0.2, 0) is 6.61 Å². The van der Waals surface area contributed by atoms with E-state index in [9.17, 15) is 4.79 Å². The first-order valence-electron chi connectivity index (χ1n) is 6.02. The van der Waals surface area contributed by atoms with E-state index in [4.69, 9.17) is 14.7 Å². The summed E-state index contributed by atoms with van der Waals surface area (Å²) in [6, 6.07) is 14.3. The molecule has 0 saturated carbocycles. The molecule has 0 aliphatic carbocycles. The number of hydrogen-bond donors (Lipinski definition) is 0. The van der Waals surface area contributed by atoms with E-state index in [0.29, 0.717) is 29.2 Å². The van der Waals surface area contributed by atoms with Crippen molar-refractivity contribution in [1.29, 1.82) is 5.26 Å². The third-order valence-electron chi connectivity index (χ3n) is 2.81. The highest BCUT2D eigenvalue weighted by Crippen LogP contribution is 2.20. The van der Waals surface area contributed by atoms with Crippen molar-refractivity contribution in [2.24, 2.45) is 0 Å². The van der Waals surface area contributed by atoms with Crippen LogP contribution in [0.1, 0.15) is 21.5 Å². The smallest absolute Gasteiger partial charge is 0.150 e. The van der Waals surface area contributed by atoms with Crippen LogP contribution in [0.25, 0.3) is 0 Å². The number of hydrogen-bond acceptors (Lipinski definition) is 4. The Bertz CT molecular complexity index is 642. The van der Waals surface area contributed by atoms with Gasteiger partial charge in [0.05, 0.1) is 12.7 Å². The van der Waals surface area contributed by atoms with E-state index in [2.05, 4.69) is 6.07 Å². The Morgan fingerprint density at radius 2 is 1.95 bits per heavy atom. The van der Waals surface area contributed by atoms with E-state index in [1.165, 1.54) is 7.11 Å². The topological polar surface area (TPSA) is 59.3 Å². The van der Waals surface area contributed by atoms with Crippen molar-refractivity contribution in [3.63, 3.8) is 0 Å². The Kier molecular flexibility index (Phi) is 4.35. The summed E-state index contributed by atoms with van der Waals surface area (Å²) in [5.41, 5.74) is 1.96. The second-order valence-electron chi connectivity index (χ2n) is 4.12. The van der Waals surface area contributed by atoms with Gasteiger partial charge in [0.25, 0.3) is 0 Å². The largest absolute Gasteiger partial charge is 0.495 e. The van der Waals surface area contributed by atoms with E-state index in [-0.39, 0.29) is 0 Å². The van der Waals surface area contributed by atoms with E-state index in [1.54, 1.807) is 36.4 Å². The molecule has 4 nitrogen and oxygen atoms in total. The SMILES string of the molecule is COc1ccc(COc2ccc(C=O)cc2)cc1C#N. The standard InChI is InChI=1S/C16H13NO3/c1-19-16-7-4-13(8-14(16)9-17)11-20-15-5-2-12(10-18)3-6-15/h2-8,10H,11H2,1H3. The number of nitrogens with zero attached hydrogens (tertiary/aromatic N) is 1. The Morgan fingerprint density at radius 3 is 2.55 bits per heavy atom. The fraction of sp³-hybridized carbons (Fsp3) is 0.125. The van der Waals surface area contributed by atoms with E-state index < -0.39 is 0 Å². The summed E-state index contributed by atoms with van der Waals surface area (Å²) in [4.78, 5) is 10.5. The fourth-order valence-electron chi connectivity index (χ4n) is 1.74. The molecule has 0 saturated heterocycles. The highest BCUT2D eigenvalue weighted by molar-refractivity contribution is 5.74. The average molecular weight is 267 g/mol. The number of rotatable bonds is 5. The summed E-state index contributed by atoms with van der Waals surface area (Å²) in [7, 11) is 1.53. The minimum absolute atomic E-state index is 0.346. The first-order valence-corrected chi connectivity index (χ1v) is 6.02. The zero-order chi connectivity index (χ0) is 14.4. The molecule has 2 aromatic rings. The summed E-state index contributed by atoms with van der Waals surface area (Å²) < 4.78 is 10.7. The molecule has 0 spiro atoms. The minimum atomic E-state index is 0.346. The molecule has 0 fully saturated rings. The lowest BCUT2D eigenvalue weighted by Crippen LogP contribution is -1.97. The highest BCUT2D eigenvalue weighted by atomic mass is 16.5. The lowest BCUT2D eigenvalue weighted by molar-refractivity contribution is 0.112. The molecule has 0 N–H and O–H groups in total. The average Bonchev–Trinajstić information content (AvgIpc) is 2.53. The quantitative estimate of drug-likeness (QED) is 0.781. The van der Waals surface area contributed by atoms with Crippen molar-refractivity contribution in [2.45, 2.75) is 6.61 Å². The predicted octanol–water partition coefficient (Wildman–Crippen LogP) is 2.96. The van der Waals surface area contributed by atoms with Crippen molar-refractivity contribution in [1.82, 2.24) is 0 Å². The van der Waals surface area contributed by atoms with Crippen LogP contribution < -0.4 is 9.47 Å². The van der Waals surface area contributed by atoms with Crippen LogP contribution in [0.2, 0.25) is 0 Å². The van der Waals surface area contributed by atoms with Crippen molar-refractivity contribution < 1.29 is 14.3 Å². The summed E-state index contributed by atoms with van der Waals surface area (Å²) >= 11 is 0. The first kappa shape index (κ1) is 13.6. The van der Waals surface area contributed by atoms with Crippen LogP contribution >= 0.6 is 0 Å². The van der Waals surface area contributed by atoms with Gasteiger partial charge in [-0.2, -0.15) is 5.26 Å². The van der Waals surface area contributed by atoms with Crippen LogP contribution in [0.5, 0.6) is 11.5 Å². The number of aldehydes is 1. The Labute approximate surface area is 117 Å². The van der Waals surface area contributed by atoms with Gasteiger partial charge in [-0.05, 0) is 42.0 Å². The normalized spacial score (nSPS) is 9.60. The van der Waals surface area contributed by atoms with Gasteiger partial charge in [-0.15, -0.1) is 0 Å². The van der Waals surface area contributed by atoms with Crippen molar-refractivity contribution >= 4 is 6.29 Å². The second kappa shape index (κ2) is 6.39. The van der Waals surface area contributed by atoms with Crippen LogP contribution in [0.3, 0.4) is 0 Å². The van der Waals surface area contributed by atoms with Gasteiger partial charge in [-0.3, -0.25) is 4.79 Å². The zero-order valence-corrected chi connectivity index (χ0v) is 11.0. The molecule has 0 aliphatic heterocycles. The minimum Gasteiger partial charge on any atom is -0.495 e. The first-order chi connectivity index (χ1) is 9.76. The molecule has 0 aliphatic rings. The van der Waals surface area contributed by atoms with Gasteiger partial charge in [0.1, 0.15) is 30.5 Å². The molecular weight excluding hydrogens is 254 g/mol. The van der Waals surface area contributed by atoms with Crippen molar-refractivity contribution in [3.05, 3.63) is 59.2 Å². The van der Waals surface area contributed by atoms with Gasteiger partial charge in [-0.1, -0.05) is 6.07 Å². The lowest BCUT2D eigenvalue weighted by Gasteiger charge is -2.08. The molecule has 100 valence electrons. The second-order valence-corrected chi connectivity index (χ2v) is 4.12. The summed E-state index contributed by atoms with van der Waals surface area (Å²) in [6.45, 7) is 0.346. The third-order valence-corrected chi connectivity index (χ3v) is 2.81. The summed E-state index contributed by atoms with van der Waals surface area (Å²) in [5, 5.41) is 9.01. The lowest BCUT2D eigenvalue weighted by atomic mass is 10.1. The number of carbonyl (C=O) groups is 1. The number of methoxy groups -OCH3 is 1. The van der Waals surface area contributed by atoms with E-state index in [0.717, 1.165) is 11.8 Å². The maximum atomic E-state index is 10.5. The maximum absolute atomic E-state index is 10.5. The van der Waals surface area contributed by atoms with Gasteiger partial charge < -0.3 is 9.47 Å². The van der Waals surface area contributed by atoms with E-state index in [1.807, 2.05) is 6.07 Å². The predicted molar refractivity (Wildman–Crippen MR) is 73.9 cm³/mol. The molecule has 0 bridgehead atoms. The fourth-order valence-corrected chi connectivity index (χ4v) is 1.74. The molecule has 2 rings (SSSR count). The van der Waals surface area contributed by atoms with Crippen molar-refractivity contribution in [3.8, 4) is 17.6 Å². The summed E-state index contributed by atoms with van der Waals surface area (Å²) in [5.74, 6) is 1.22. The van der Waals surface area contributed by atoms with Gasteiger partial charge in [0.15, 0.2) is 0 Å². The van der Waals surface area contributed by atoms with Gasteiger partial charge in [0.2, 0.25) is 0 Å². The van der Waals surface area contributed by atoms with Crippen LogP contribution in [-0.4, -0.2) is 13.4 Å². The van der Waals surface area contributed by atoms with Crippen LogP contribution in [0.4, 0.5) is 0 Å². The maximum Gasteiger partial charge on any atom is 0.150 e. The van der Waals surface area contributed by atoms with Gasteiger partial charge in [-0.25, -0.2) is 0 Å². The zero-order valence-electron chi connectivity index (χ0n) is 11.0. The number of carbonyl (C=O) groups excluding carboxylic acids is 1. The number of nitriles is 1. The highest BCUT2D eigenvalue weighted by Gasteiger charge is 2.04. The summed E-state index contributed by atoms with van der Waals surface area (Å²) in [6.07, 6.45) is 0.784. The number of benzene rings is 2. The Morgan fingerprint density at radius 1 is 1.20 bits per heavy atom. The molecule has 4 heteroatoms. The molecule has 0 atom stereocenters. The molecule has 0 amide bonds. The van der Waals surface area contributed by atoms with Crippen LogP contribution in [0, 0.1) is 11.3 Å². The monoisotopic (exact) mass is 267 g/mol. The van der Waals surface area contributed by atoms with Crippen molar-refractivity contribution in [2.75, 3.05) is 7.11 Å². The Hall–Kier alpha value is -2.80. The molecule has 0 unspecified atom stereocenters. The van der Waals surface area contributed by atoms with E-state index >= 15 is 0 Å². The molecular formula is C16H13NO3. The molecule has 20 heavy (non-hydrogen) atoms. The molecule has 0 radical (unpaired) electrons. The molecule has 0 aromatic heterocycles. The molecule has 2 aromatic carbocycles. The molecule has 0 heterocycles. The van der Waals surface area contributed by atoms with Crippen LogP contribution in [0.15, 0.2) is 42.5 Å².